The summed E-state index contributed by atoms with van der Waals surface area (Å²) in [6, 6.07) is 3.84. The first-order chi connectivity index (χ1) is 12.1. The predicted octanol–water partition coefficient (Wildman–Crippen LogP) is 2.78. The molecule has 9 heteroatoms. The van der Waals surface area contributed by atoms with Crippen molar-refractivity contribution in [2.75, 3.05) is 26.2 Å². The number of hydrogen-bond acceptors (Lipinski definition) is 4. The number of H-pyrrole nitrogens is 1. The zero-order chi connectivity index (χ0) is 17.4. The quantitative estimate of drug-likeness (QED) is 0.774. The molecule has 1 saturated heterocycles. The second kappa shape index (κ2) is 6.57. The van der Waals surface area contributed by atoms with Gasteiger partial charge in [-0.3, -0.25) is 14.3 Å². The van der Waals surface area contributed by atoms with Gasteiger partial charge in [0, 0.05) is 38.6 Å². The summed E-state index contributed by atoms with van der Waals surface area (Å²) in [4.78, 5) is 23.6. The summed E-state index contributed by atoms with van der Waals surface area (Å²) < 4.78 is 27.7. The number of carbonyl (C=O) groups is 1. The molecule has 0 aromatic carbocycles. The van der Waals surface area contributed by atoms with Crippen molar-refractivity contribution in [2.45, 2.75) is 13.1 Å². The van der Waals surface area contributed by atoms with Crippen LogP contribution in [0.5, 0.6) is 0 Å². The molecule has 1 aliphatic heterocycles. The molecule has 0 radical (unpaired) electrons. The van der Waals surface area contributed by atoms with Crippen LogP contribution in [0, 0.1) is 0 Å². The highest BCUT2D eigenvalue weighted by molar-refractivity contribution is 7.17. The first-order valence-corrected chi connectivity index (χ1v) is 8.87. The number of nitrogens with zero attached hydrogens (tertiary/aromatic N) is 4. The van der Waals surface area contributed by atoms with Crippen molar-refractivity contribution in [3.05, 3.63) is 41.4 Å². The smallest absolute Gasteiger partial charge is 0.319 e. The zero-order valence-electron chi connectivity index (χ0n) is 13.4. The summed E-state index contributed by atoms with van der Waals surface area (Å²) >= 11 is 1.60. The molecule has 3 aromatic heterocycles. The molecule has 1 N–H and O–H groups in total. The van der Waals surface area contributed by atoms with Crippen molar-refractivity contribution >= 4 is 27.5 Å². The molecule has 1 amide bonds. The lowest BCUT2D eigenvalue weighted by molar-refractivity contribution is 0.0553. The Morgan fingerprint density at radius 2 is 2.12 bits per heavy atom. The fourth-order valence-corrected chi connectivity index (χ4v) is 3.87. The maximum atomic E-state index is 12.9. The fourth-order valence-electron chi connectivity index (χ4n) is 3.09. The molecule has 0 atom stereocenters. The molecule has 1 fully saturated rings. The first kappa shape index (κ1) is 16.2. The molecule has 4 heterocycles. The Kier molecular flexibility index (Phi) is 4.26. The normalized spacial score (nSPS) is 16.2. The molecule has 0 saturated carbocycles. The molecule has 0 spiro atoms. The van der Waals surface area contributed by atoms with E-state index in [1.54, 1.807) is 16.2 Å². The molecule has 0 unspecified atom stereocenters. The molecule has 4 rings (SSSR count). The molecule has 25 heavy (non-hydrogen) atoms. The molecular formula is C16H17F2N5OS. The van der Waals surface area contributed by atoms with Crippen molar-refractivity contribution in [1.29, 1.82) is 0 Å². The summed E-state index contributed by atoms with van der Waals surface area (Å²) in [5.41, 5.74) is 1.58. The number of hydrogen-bond donors (Lipinski definition) is 1. The van der Waals surface area contributed by atoms with Gasteiger partial charge in [-0.2, -0.15) is 8.78 Å². The van der Waals surface area contributed by atoms with Crippen LogP contribution in [0.15, 0.2) is 29.9 Å². The van der Waals surface area contributed by atoms with Gasteiger partial charge < -0.3 is 9.88 Å². The van der Waals surface area contributed by atoms with Crippen LogP contribution in [-0.4, -0.2) is 56.4 Å². The van der Waals surface area contributed by atoms with E-state index >= 15 is 0 Å². The van der Waals surface area contributed by atoms with Crippen molar-refractivity contribution in [1.82, 2.24) is 24.3 Å². The Labute approximate surface area is 146 Å². The molecule has 6 nitrogen and oxygen atoms in total. The average molecular weight is 365 g/mol. The number of aromatic nitrogens is 3. The third-order valence-electron chi connectivity index (χ3n) is 4.45. The standard InChI is InChI=1S/C16H17F2N5OS/c17-16(18)23-3-2-19-14(23)10-21-4-6-22(7-5-21)15(24)12-9-13-11(20-12)1-8-25-13/h1-3,8-9,16,20H,4-7,10H2. The summed E-state index contributed by atoms with van der Waals surface area (Å²) in [5, 5.41) is 1.98. The minimum atomic E-state index is -2.58. The molecule has 1 aliphatic rings. The van der Waals surface area contributed by atoms with Crippen molar-refractivity contribution < 1.29 is 13.6 Å². The fraction of sp³-hybridized carbons (Fsp3) is 0.375. The summed E-state index contributed by atoms with van der Waals surface area (Å²) in [6.45, 7) is 0.190. The largest absolute Gasteiger partial charge is 0.350 e. The van der Waals surface area contributed by atoms with Crippen molar-refractivity contribution in [3.63, 3.8) is 0 Å². The number of amides is 1. The van der Waals surface area contributed by atoms with Crippen LogP contribution < -0.4 is 0 Å². The Balaban J connectivity index is 1.37. The van der Waals surface area contributed by atoms with E-state index in [1.807, 2.05) is 22.4 Å². The first-order valence-electron chi connectivity index (χ1n) is 7.99. The van der Waals surface area contributed by atoms with Crippen molar-refractivity contribution in [2.24, 2.45) is 0 Å². The number of halogens is 2. The number of rotatable bonds is 4. The van der Waals surface area contributed by atoms with Crippen LogP contribution in [0.3, 0.4) is 0 Å². The number of alkyl halides is 2. The van der Waals surface area contributed by atoms with Gasteiger partial charge in [0.25, 0.3) is 5.91 Å². The maximum Gasteiger partial charge on any atom is 0.319 e. The van der Waals surface area contributed by atoms with Gasteiger partial charge in [0.05, 0.1) is 16.8 Å². The molecule has 3 aromatic rings. The second-order valence-corrected chi connectivity index (χ2v) is 6.93. The average Bonchev–Trinajstić information content (AvgIpc) is 3.30. The minimum Gasteiger partial charge on any atom is -0.350 e. The van der Waals surface area contributed by atoms with Crippen LogP contribution in [0.25, 0.3) is 10.2 Å². The van der Waals surface area contributed by atoms with E-state index in [0.717, 1.165) is 14.8 Å². The van der Waals surface area contributed by atoms with E-state index in [4.69, 9.17) is 0 Å². The van der Waals surface area contributed by atoms with Gasteiger partial charge in [0.2, 0.25) is 0 Å². The molecular weight excluding hydrogens is 348 g/mol. The molecule has 132 valence electrons. The van der Waals surface area contributed by atoms with Crippen LogP contribution in [0.1, 0.15) is 22.9 Å². The SMILES string of the molecule is O=C(c1cc2sccc2[nH]1)N1CCN(Cc2nccn2C(F)F)CC1. The highest BCUT2D eigenvalue weighted by Crippen LogP contribution is 2.22. The minimum absolute atomic E-state index is 0.0165. The Bertz CT molecular complexity index is 849. The van der Waals surface area contributed by atoms with E-state index in [9.17, 15) is 13.6 Å². The van der Waals surface area contributed by atoms with E-state index < -0.39 is 6.55 Å². The topological polar surface area (TPSA) is 57.2 Å². The van der Waals surface area contributed by atoms with Gasteiger partial charge in [-0.1, -0.05) is 0 Å². The number of carbonyl (C=O) groups excluding carboxylic acids is 1. The maximum absolute atomic E-state index is 12.9. The molecule has 0 aliphatic carbocycles. The number of nitrogens with one attached hydrogen (secondary N) is 1. The van der Waals surface area contributed by atoms with Gasteiger partial charge in [0.1, 0.15) is 11.5 Å². The third kappa shape index (κ3) is 3.16. The number of aromatic amines is 1. The number of imidazole rings is 1. The Morgan fingerprint density at radius 3 is 2.84 bits per heavy atom. The monoisotopic (exact) mass is 365 g/mol. The number of fused-ring (bicyclic) bond motifs is 1. The van der Waals surface area contributed by atoms with E-state index in [1.165, 1.54) is 12.4 Å². The lowest BCUT2D eigenvalue weighted by atomic mass is 10.2. The van der Waals surface area contributed by atoms with Gasteiger partial charge in [-0.05, 0) is 17.5 Å². The van der Waals surface area contributed by atoms with Crippen LogP contribution in [-0.2, 0) is 6.54 Å². The summed E-state index contributed by atoms with van der Waals surface area (Å²) in [7, 11) is 0. The Hall–Kier alpha value is -2.26. The summed E-state index contributed by atoms with van der Waals surface area (Å²) in [5.74, 6) is 0.330. The van der Waals surface area contributed by atoms with Gasteiger partial charge in [-0.15, -0.1) is 11.3 Å². The molecule has 0 bridgehead atoms. The number of piperazine rings is 1. The predicted molar refractivity (Wildman–Crippen MR) is 90.8 cm³/mol. The van der Waals surface area contributed by atoms with Gasteiger partial charge in [-0.25, -0.2) is 4.98 Å². The lowest BCUT2D eigenvalue weighted by Gasteiger charge is -2.34. The van der Waals surface area contributed by atoms with Crippen LogP contribution in [0.4, 0.5) is 8.78 Å². The van der Waals surface area contributed by atoms with E-state index in [-0.39, 0.29) is 5.91 Å². The number of thiophene rings is 1. The lowest BCUT2D eigenvalue weighted by Crippen LogP contribution is -2.48. The highest BCUT2D eigenvalue weighted by atomic mass is 32.1. The van der Waals surface area contributed by atoms with Gasteiger partial charge >= 0.3 is 6.55 Å². The third-order valence-corrected chi connectivity index (χ3v) is 5.32. The van der Waals surface area contributed by atoms with E-state index in [0.29, 0.717) is 44.2 Å². The van der Waals surface area contributed by atoms with Crippen LogP contribution in [0.2, 0.25) is 0 Å². The second-order valence-electron chi connectivity index (χ2n) is 5.98. The van der Waals surface area contributed by atoms with Gasteiger partial charge in [0.15, 0.2) is 0 Å². The zero-order valence-corrected chi connectivity index (χ0v) is 14.2. The summed E-state index contributed by atoms with van der Waals surface area (Å²) in [6.07, 6.45) is 2.68. The van der Waals surface area contributed by atoms with Crippen molar-refractivity contribution in [3.8, 4) is 0 Å². The Morgan fingerprint density at radius 1 is 1.32 bits per heavy atom. The highest BCUT2D eigenvalue weighted by Gasteiger charge is 2.24. The van der Waals surface area contributed by atoms with Crippen LogP contribution >= 0.6 is 11.3 Å². The van der Waals surface area contributed by atoms with E-state index in [2.05, 4.69) is 9.97 Å².